The van der Waals surface area contributed by atoms with E-state index < -0.39 is 5.92 Å². The van der Waals surface area contributed by atoms with Gasteiger partial charge >= 0.3 is 0 Å². The molecule has 0 amide bonds. The lowest BCUT2D eigenvalue weighted by atomic mass is 9.63. The van der Waals surface area contributed by atoms with Crippen molar-refractivity contribution >= 4 is 66.6 Å². The predicted molar refractivity (Wildman–Crippen MR) is 163 cm³/mol. The Kier molecular flexibility index (Phi) is 7.67. The summed E-state index contributed by atoms with van der Waals surface area (Å²) in [6.07, 6.45) is 2.39. The summed E-state index contributed by atoms with van der Waals surface area (Å²) in [6.45, 7) is 8.75. The molecule has 1 heterocycles. The van der Waals surface area contributed by atoms with Crippen LogP contribution in [0.1, 0.15) is 70.4 Å². The number of benzene rings is 2. The molecule has 0 atom stereocenters. The summed E-state index contributed by atoms with van der Waals surface area (Å²) in [5, 5.41) is 1.07. The van der Waals surface area contributed by atoms with E-state index in [1.165, 1.54) is 0 Å². The van der Waals surface area contributed by atoms with Gasteiger partial charge in [-0.2, -0.15) is 0 Å². The van der Waals surface area contributed by atoms with E-state index in [0.717, 1.165) is 44.3 Å². The molecule has 0 saturated carbocycles. The zero-order chi connectivity index (χ0) is 28.4. The van der Waals surface area contributed by atoms with Crippen molar-refractivity contribution in [2.75, 3.05) is 7.05 Å². The molecule has 8 heteroatoms. The number of carbonyl (C=O) groups excluding carboxylic acids is 2. The van der Waals surface area contributed by atoms with E-state index in [4.69, 9.17) is 27.9 Å². The molecule has 3 aliphatic rings. The van der Waals surface area contributed by atoms with Gasteiger partial charge in [-0.05, 0) is 63.9 Å². The summed E-state index contributed by atoms with van der Waals surface area (Å²) >= 11 is 19.9. The molecular weight excluding hydrogens is 665 g/mol. The molecule has 0 unspecified atom stereocenters. The number of halogens is 4. The Hall–Kier alpha value is -1.60. The molecule has 0 radical (unpaired) electrons. The first kappa shape index (κ1) is 28.9. The molecule has 2 aliphatic carbocycles. The van der Waals surface area contributed by atoms with Gasteiger partial charge in [-0.1, -0.05) is 72.9 Å². The molecule has 206 valence electrons. The number of ether oxygens (including phenoxy) is 1. The largest absolute Gasteiger partial charge is 0.487 e. The Bertz CT molecular complexity index is 1420. The topological polar surface area (TPSA) is 46.6 Å². The first-order valence-electron chi connectivity index (χ1n) is 13.0. The number of allylic oxidation sites excluding steroid dienone is 4. The highest BCUT2D eigenvalue weighted by molar-refractivity contribution is 9.11. The van der Waals surface area contributed by atoms with Crippen molar-refractivity contribution in [3.05, 3.63) is 83.0 Å². The Morgan fingerprint density at radius 3 is 2.00 bits per heavy atom. The lowest BCUT2D eigenvalue weighted by molar-refractivity contribution is -0.119. The summed E-state index contributed by atoms with van der Waals surface area (Å²) in [7, 11) is 2.01. The van der Waals surface area contributed by atoms with Crippen molar-refractivity contribution in [3.8, 4) is 5.75 Å². The number of Topliss-reactive ketones (excluding diaryl/α,β-unsaturated/α-hetero) is 2. The minimum absolute atomic E-state index is 0.0880. The van der Waals surface area contributed by atoms with Crippen LogP contribution in [0, 0.1) is 10.8 Å². The van der Waals surface area contributed by atoms with Crippen LogP contribution in [-0.4, -0.2) is 23.5 Å². The van der Waals surface area contributed by atoms with E-state index in [2.05, 4.69) is 64.5 Å². The van der Waals surface area contributed by atoms with Crippen molar-refractivity contribution in [2.24, 2.45) is 10.8 Å². The average molecular weight is 696 g/mol. The van der Waals surface area contributed by atoms with E-state index in [0.29, 0.717) is 39.8 Å². The summed E-state index contributed by atoms with van der Waals surface area (Å²) in [4.78, 5) is 30.0. The van der Waals surface area contributed by atoms with Gasteiger partial charge in [-0.3, -0.25) is 9.59 Å². The number of hydrogen-bond donors (Lipinski definition) is 0. The Balaban J connectivity index is 1.71. The molecule has 5 rings (SSSR count). The summed E-state index contributed by atoms with van der Waals surface area (Å²) in [6, 6.07) is 9.21. The first-order valence-corrected chi connectivity index (χ1v) is 15.3. The minimum Gasteiger partial charge on any atom is -0.487 e. The minimum atomic E-state index is -0.511. The van der Waals surface area contributed by atoms with Gasteiger partial charge in [0.05, 0.1) is 4.47 Å². The van der Waals surface area contributed by atoms with Crippen LogP contribution in [-0.2, 0) is 16.2 Å². The maximum atomic E-state index is 13.9. The van der Waals surface area contributed by atoms with E-state index >= 15 is 0 Å². The van der Waals surface area contributed by atoms with Crippen LogP contribution in [0.4, 0.5) is 0 Å². The molecule has 0 fully saturated rings. The highest BCUT2D eigenvalue weighted by atomic mass is 79.9. The van der Waals surface area contributed by atoms with Crippen molar-refractivity contribution in [3.63, 3.8) is 0 Å². The molecular formula is C31H31Br2Cl2NO3. The monoisotopic (exact) mass is 693 g/mol. The molecule has 2 aromatic rings. The Morgan fingerprint density at radius 1 is 0.897 bits per heavy atom. The average Bonchev–Trinajstić information content (AvgIpc) is 2.79. The lowest BCUT2D eigenvalue weighted by Crippen LogP contribution is -2.43. The fourth-order valence-electron chi connectivity index (χ4n) is 6.21. The van der Waals surface area contributed by atoms with Crippen LogP contribution in [0.15, 0.2) is 61.8 Å². The van der Waals surface area contributed by atoms with E-state index in [1.807, 2.05) is 25.2 Å². The molecule has 2 aromatic carbocycles. The Morgan fingerprint density at radius 2 is 1.46 bits per heavy atom. The number of ketones is 2. The van der Waals surface area contributed by atoms with E-state index in [-0.39, 0.29) is 29.0 Å². The van der Waals surface area contributed by atoms with Crippen molar-refractivity contribution in [1.29, 1.82) is 0 Å². The van der Waals surface area contributed by atoms with Gasteiger partial charge in [0.1, 0.15) is 12.4 Å². The molecule has 0 spiro atoms. The van der Waals surface area contributed by atoms with E-state index in [1.54, 1.807) is 12.1 Å². The molecule has 0 aromatic heterocycles. The van der Waals surface area contributed by atoms with Crippen molar-refractivity contribution < 1.29 is 14.3 Å². The fourth-order valence-corrected chi connectivity index (χ4v) is 8.05. The number of carbonyl (C=O) groups is 2. The van der Waals surface area contributed by atoms with Gasteiger partial charge in [0.25, 0.3) is 0 Å². The smallest absolute Gasteiger partial charge is 0.162 e. The maximum Gasteiger partial charge on any atom is 0.162 e. The molecule has 4 nitrogen and oxygen atoms in total. The van der Waals surface area contributed by atoms with Crippen molar-refractivity contribution in [2.45, 2.75) is 65.9 Å². The van der Waals surface area contributed by atoms with Crippen LogP contribution in [0.25, 0.3) is 0 Å². The lowest BCUT2D eigenvalue weighted by Gasteiger charge is -2.48. The molecule has 0 N–H and O–H groups in total. The Labute approximate surface area is 257 Å². The fraction of sp³-hybridized carbons (Fsp3) is 0.419. The predicted octanol–water partition coefficient (Wildman–Crippen LogP) is 9.41. The number of nitrogens with zero attached hydrogens (tertiary/aromatic N) is 1. The van der Waals surface area contributed by atoms with Gasteiger partial charge in [0.15, 0.2) is 11.6 Å². The first-order chi connectivity index (χ1) is 18.2. The van der Waals surface area contributed by atoms with Gasteiger partial charge in [-0.15, -0.1) is 0 Å². The zero-order valence-corrected chi connectivity index (χ0v) is 27.4. The number of rotatable bonds is 4. The van der Waals surface area contributed by atoms with Crippen LogP contribution < -0.4 is 4.74 Å². The standard InChI is InChI=1S/C31H31Br2Cl2NO3/c1-30(2)11-22-27(24(37)13-30)26(28-23(36(22)5)12-31(3,4)14-25(28)38)19-8-17(32)9-20(33)29(19)39-15-16-6-7-18(34)10-21(16)35/h6-10,26H,11-15H2,1-5H3. The van der Waals surface area contributed by atoms with Gasteiger partial charge in [0.2, 0.25) is 0 Å². The van der Waals surface area contributed by atoms with Crippen LogP contribution in [0.5, 0.6) is 5.75 Å². The van der Waals surface area contributed by atoms with Gasteiger partial charge in [-0.25, -0.2) is 0 Å². The second kappa shape index (κ2) is 10.3. The van der Waals surface area contributed by atoms with Crippen LogP contribution in [0.3, 0.4) is 0 Å². The zero-order valence-electron chi connectivity index (χ0n) is 22.7. The SMILES string of the molecule is CN1C2=C(C(=O)CC(C)(C)C2)C(c2cc(Br)cc(Br)c2OCc2ccc(Cl)cc2Cl)C2=C1CC(C)(C)CC2=O. The molecule has 1 aliphatic heterocycles. The summed E-state index contributed by atoms with van der Waals surface area (Å²) in [5.74, 6) is 0.255. The highest BCUT2D eigenvalue weighted by Crippen LogP contribution is 2.56. The van der Waals surface area contributed by atoms with Crippen LogP contribution in [0.2, 0.25) is 10.0 Å². The molecule has 0 saturated heterocycles. The molecule has 0 bridgehead atoms. The number of hydrogen-bond acceptors (Lipinski definition) is 4. The third-order valence-electron chi connectivity index (χ3n) is 7.92. The van der Waals surface area contributed by atoms with Gasteiger partial charge < -0.3 is 9.64 Å². The van der Waals surface area contributed by atoms with Gasteiger partial charge in [0, 0.05) is 74.0 Å². The van der Waals surface area contributed by atoms with E-state index in [9.17, 15) is 9.59 Å². The van der Waals surface area contributed by atoms with Crippen molar-refractivity contribution in [1.82, 2.24) is 4.90 Å². The highest BCUT2D eigenvalue weighted by Gasteiger charge is 2.49. The second-order valence-electron chi connectivity index (χ2n) is 12.4. The quantitative estimate of drug-likeness (QED) is 0.320. The third-order valence-corrected chi connectivity index (χ3v) is 9.55. The second-order valence-corrected chi connectivity index (χ2v) is 15.0. The summed E-state index contributed by atoms with van der Waals surface area (Å²) in [5.41, 5.74) is 4.69. The third kappa shape index (κ3) is 5.51. The summed E-state index contributed by atoms with van der Waals surface area (Å²) < 4.78 is 8.00. The molecule has 39 heavy (non-hydrogen) atoms. The van der Waals surface area contributed by atoms with Crippen LogP contribution >= 0.6 is 55.1 Å². The normalized spacial score (nSPS) is 20.8. The maximum absolute atomic E-state index is 13.9.